The first-order chi connectivity index (χ1) is 21.8. The first-order valence-corrected chi connectivity index (χ1v) is 14.5. The lowest BCUT2D eigenvalue weighted by molar-refractivity contribution is 1.07. The van der Waals surface area contributed by atoms with Crippen molar-refractivity contribution in [3.8, 4) is 56.4 Å². The summed E-state index contributed by atoms with van der Waals surface area (Å²) in [5, 5.41) is 2.17. The second kappa shape index (κ2) is 11.0. The highest BCUT2D eigenvalue weighted by Crippen LogP contribution is 2.37. The molecule has 0 bridgehead atoms. The number of nitrogens with zero attached hydrogens (tertiary/aromatic N) is 5. The average molecular weight is 564 g/mol. The summed E-state index contributed by atoms with van der Waals surface area (Å²) in [6.45, 7) is 0. The number of benzene rings is 5. The Morgan fingerprint density at radius 3 is 1.18 bits per heavy atom. The van der Waals surface area contributed by atoms with E-state index in [1.807, 2.05) is 97.3 Å². The number of fused-ring (bicyclic) bond motifs is 2. The van der Waals surface area contributed by atoms with Crippen molar-refractivity contribution in [1.29, 1.82) is 0 Å². The Morgan fingerprint density at radius 2 is 0.705 bits per heavy atom. The monoisotopic (exact) mass is 563 g/mol. The molecule has 8 rings (SSSR count). The van der Waals surface area contributed by atoms with Gasteiger partial charge >= 0.3 is 0 Å². The molecule has 0 unspecified atom stereocenters. The predicted molar refractivity (Wildman–Crippen MR) is 178 cm³/mol. The molecule has 0 radical (unpaired) electrons. The zero-order valence-electron chi connectivity index (χ0n) is 23.7. The normalized spacial score (nSPS) is 11.2. The molecule has 0 amide bonds. The zero-order valence-corrected chi connectivity index (χ0v) is 23.7. The fourth-order valence-corrected chi connectivity index (χ4v) is 5.70. The van der Waals surface area contributed by atoms with E-state index in [0.717, 1.165) is 60.8 Å². The molecule has 3 heterocycles. The van der Waals surface area contributed by atoms with E-state index in [-0.39, 0.29) is 0 Å². The van der Waals surface area contributed by atoms with Gasteiger partial charge in [0, 0.05) is 39.9 Å². The number of rotatable bonds is 5. The van der Waals surface area contributed by atoms with Crippen LogP contribution in [0.15, 0.2) is 152 Å². The van der Waals surface area contributed by atoms with E-state index in [4.69, 9.17) is 15.0 Å². The summed E-state index contributed by atoms with van der Waals surface area (Å²) in [6, 6.07) is 47.3. The van der Waals surface area contributed by atoms with Crippen molar-refractivity contribution in [2.45, 2.75) is 0 Å². The lowest BCUT2D eigenvalue weighted by Crippen LogP contribution is -2.00. The number of hydrogen-bond acceptors (Lipinski definition) is 5. The Labute approximate surface area is 254 Å². The van der Waals surface area contributed by atoms with Crippen LogP contribution in [-0.4, -0.2) is 24.9 Å². The minimum absolute atomic E-state index is 0.609. The Balaban J connectivity index is 1.41. The van der Waals surface area contributed by atoms with Crippen LogP contribution in [-0.2, 0) is 0 Å². The van der Waals surface area contributed by atoms with E-state index in [1.165, 1.54) is 0 Å². The number of aromatic nitrogens is 5. The van der Waals surface area contributed by atoms with E-state index in [2.05, 4.69) is 64.6 Å². The molecule has 206 valence electrons. The number of para-hydroxylation sites is 2. The molecule has 0 saturated carbocycles. The van der Waals surface area contributed by atoms with Gasteiger partial charge in [-0.15, -0.1) is 0 Å². The van der Waals surface area contributed by atoms with Crippen LogP contribution >= 0.6 is 0 Å². The Hall–Kier alpha value is -6.07. The minimum atomic E-state index is 0.609. The van der Waals surface area contributed by atoms with E-state index in [0.29, 0.717) is 17.5 Å². The molecule has 44 heavy (non-hydrogen) atoms. The quantitative estimate of drug-likeness (QED) is 0.209. The van der Waals surface area contributed by atoms with Gasteiger partial charge in [-0.2, -0.15) is 0 Å². The molecule has 0 spiro atoms. The van der Waals surface area contributed by atoms with Crippen molar-refractivity contribution in [1.82, 2.24) is 24.9 Å². The third-order valence-electron chi connectivity index (χ3n) is 7.81. The average Bonchev–Trinajstić information content (AvgIpc) is 3.11. The van der Waals surface area contributed by atoms with Crippen LogP contribution in [0.2, 0.25) is 0 Å². The van der Waals surface area contributed by atoms with Gasteiger partial charge in [0.25, 0.3) is 0 Å². The van der Waals surface area contributed by atoms with Crippen molar-refractivity contribution in [2.24, 2.45) is 0 Å². The van der Waals surface area contributed by atoms with Crippen LogP contribution in [0.25, 0.3) is 78.2 Å². The first kappa shape index (κ1) is 25.6. The number of pyridine rings is 2. The zero-order chi connectivity index (χ0) is 29.3. The second-order valence-corrected chi connectivity index (χ2v) is 10.6. The highest BCUT2D eigenvalue weighted by molar-refractivity contribution is 5.99. The molecule has 5 aromatic carbocycles. The Bertz CT molecular complexity index is 2120. The minimum Gasteiger partial charge on any atom is -0.256 e. The lowest BCUT2D eigenvalue weighted by atomic mass is 9.93. The topological polar surface area (TPSA) is 64.5 Å². The maximum absolute atomic E-state index is 5.05. The van der Waals surface area contributed by atoms with Crippen LogP contribution in [0.5, 0.6) is 0 Å². The third kappa shape index (κ3) is 4.76. The smallest absolute Gasteiger partial charge is 0.164 e. The molecule has 0 aliphatic carbocycles. The summed E-state index contributed by atoms with van der Waals surface area (Å²) in [5.41, 5.74) is 8.97. The van der Waals surface area contributed by atoms with Gasteiger partial charge in [0.2, 0.25) is 0 Å². The maximum Gasteiger partial charge on any atom is 0.164 e. The molecule has 8 aromatic rings. The molecule has 5 heteroatoms. The largest absolute Gasteiger partial charge is 0.256 e. The fourth-order valence-electron chi connectivity index (χ4n) is 5.70. The van der Waals surface area contributed by atoms with Gasteiger partial charge in [0.05, 0.1) is 11.0 Å². The molecule has 0 aliphatic heterocycles. The van der Waals surface area contributed by atoms with Gasteiger partial charge in [-0.05, 0) is 64.7 Å². The van der Waals surface area contributed by atoms with E-state index >= 15 is 0 Å². The standard InChI is InChI=1S/C39H25N5/c1-3-11-26(12-4-1)37-42-38(27-13-5-2-6-14-27)44-39(43-37)30-24-28(31-19-21-40-35-17-9-7-15-33(31)35)23-29(25-30)32-20-22-41-36-18-10-8-16-34(32)36/h1-25H. The second-order valence-electron chi connectivity index (χ2n) is 10.6. The Morgan fingerprint density at radius 1 is 0.318 bits per heavy atom. The Kier molecular flexibility index (Phi) is 6.39. The van der Waals surface area contributed by atoms with Gasteiger partial charge in [-0.25, -0.2) is 15.0 Å². The SMILES string of the molecule is c1ccc(-c2nc(-c3ccccc3)nc(-c3cc(-c4ccnc5ccccc45)cc(-c4ccnc5ccccc45)c3)n2)cc1. The van der Waals surface area contributed by atoms with Crippen LogP contribution in [0, 0.1) is 0 Å². The van der Waals surface area contributed by atoms with E-state index in [9.17, 15) is 0 Å². The highest BCUT2D eigenvalue weighted by atomic mass is 15.0. The van der Waals surface area contributed by atoms with Crippen molar-refractivity contribution in [3.63, 3.8) is 0 Å². The number of hydrogen-bond donors (Lipinski definition) is 0. The lowest BCUT2D eigenvalue weighted by Gasteiger charge is -2.14. The fraction of sp³-hybridized carbons (Fsp3) is 0. The summed E-state index contributed by atoms with van der Waals surface area (Å²) < 4.78 is 0. The molecular formula is C39H25N5. The van der Waals surface area contributed by atoms with Gasteiger partial charge in [0.15, 0.2) is 17.5 Å². The molecule has 0 atom stereocenters. The van der Waals surface area contributed by atoms with Gasteiger partial charge in [-0.1, -0.05) is 97.1 Å². The van der Waals surface area contributed by atoms with Crippen molar-refractivity contribution >= 4 is 21.8 Å². The molecule has 0 saturated heterocycles. The van der Waals surface area contributed by atoms with Gasteiger partial charge in [-0.3, -0.25) is 9.97 Å². The maximum atomic E-state index is 5.05. The predicted octanol–water partition coefficient (Wildman–Crippen LogP) is 9.30. The van der Waals surface area contributed by atoms with E-state index < -0.39 is 0 Å². The summed E-state index contributed by atoms with van der Waals surface area (Å²) in [7, 11) is 0. The van der Waals surface area contributed by atoms with Crippen LogP contribution < -0.4 is 0 Å². The third-order valence-corrected chi connectivity index (χ3v) is 7.81. The molecule has 5 nitrogen and oxygen atoms in total. The van der Waals surface area contributed by atoms with E-state index in [1.54, 1.807) is 0 Å². The molecule has 0 fully saturated rings. The van der Waals surface area contributed by atoms with Gasteiger partial charge < -0.3 is 0 Å². The van der Waals surface area contributed by atoms with Crippen molar-refractivity contribution in [3.05, 3.63) is 152 Å². The summed E-state index contributed by atoms with van der Waals surface area (Å²) in [6.07, 6.45) is 3.74. The summed E-state index contributed by atoms with van der Waals surface area (Å²) in [4.78, 5) is 24.2. The van der Waals surface area contributed by atoms with Crippen molar-refractivity contribution in [2.75, 3.05) is 0 Å². The molecular weight excluding hydrogens is 538 g/mol. The first-order valence-electron chi connectivity index (χ1n) is 14.5. The van der Waals surface area contributed by atoms with Crippen LogP contribution in [0.1, 0.15) is 0 Å². The molecule has 0 N–H and O–H groups in total. The highest BCUT2D eigenvalue weighted by Gasteiger charge is 2.16. The van der Waals surface area contributed by atoms with Gasteiger partial charge in [0.1, 0.15) is 0 Å². The molecule has 0 aliphatic rings. The summed E-state index contributed by atoms with van der Waals surface area (Å²) in [5.74, 6) is 1.87. The van der Waals surface area contributed by atoms with Crippen molar-refractivity contribution < 1.29 is 0 Å². The van der Waals surface area contributed by atoms with Crippen LogP contribution in [0.4, 0.5) is 0 Å². The summed E-state index contributed by atoms with van der Waals surface area (Å²) >= 11 is 0. The van der Waals surface area contributed by atoms with Crippen LogP contribution in [0.3, 0.4) is 0 Å². The molecule has 3 aromatic heterocycles.